The number of aromatic nitrogens is 5. The van der Waals surface area contributed by atoms with E-state index in [-0.39, 0.29) is 35.4 Å². The zero-order valence-corrected chi connectivity index (χ0v) is 22.2. The van der Waals surface area contributed by atoms with Gasteiger partial charge in [0.05, 0.1) is 41.0 Å². The smallest absolute Gasteiger partial charge is 0.390 e. The number of halogens is 3. The molecule has 0 unspecified atom stereocenters. The van der Waals surface area contributed by atoms with Gasteiger partial charge in [0.1, 0.15) is 0 Å². The van der Waals surface area contributed by atoms with Crippen molar-refractivity contribution in [2.45, 2.75) is 39.2 Å². The average molecular weight is 556 g/mol. The maximum Gasteiger partial charge on any atom is 0.418 e. The van der Waals surface area contributed by atoms with Crippen molar-refractivity contribution in [3.8, 4) is 11.1 Å². The van der Waals surface area contributed by atoms with Crippen LogP contribution < -0.4 is 10.5 Å². The zero-order valence-electron chi connectivity index (χ0n) is 22.2. The third kappa shape index (κ3) is 5.04. The highest BCUT2D eigenvalue weighted by molar-refractivity contribution is 5.84. The second-order valence-corrected chi connectivity index (χ2v) is 9.85. The first-order valence-electron chi connectivity index (χ1n) is 12.7. The van der Waals surface area contributed by atoms with Crippen LogP contribution in [0.1, 0.15) is 30.8 Å². The van der Waals surface area contributed by atoms with Crippen LogP contribution in [0, 0.1) is 0 Å². The zero-order chi connectivity index (χ0) is 28.8. The van der Waals surface area contributed by atoms with Gasteiger partial charge >= 0.3 is 6.18 Å². The molecule has 40 heavy (non-hydrogen) atoms. The quantitative estimate of drug-likeness (QED) is 0.403. The fraction of sp³-hybridized carbons (Fsp3) is 0.370. The van der Waals surface area contributed by atoms with Gasteiger partial charge in [0, 0.05) is 57.6 Å². The maximum atomic E-state index is 13.7. The molecule has 5 rings (SSSR count). The van der Waals surface area contributed by atoms with Crippen molar-refractivity contribution in [2.24, 2.45) is 7.05 Å². The van der Waals surface area contributed by atoms with E-state index in [0.717, 1.165) is 12.1 Å². The van der Waals surface area contributed by atoms with Crippen LogP contribution in [0.15, 0.2) is 47.5 Å². The van der Waals surface area contributed by atoms with Gasteiger partial charge in [0.2, 0.25) is 11.9 Å². The predicted molar refractivity (Wildman–Crippen MR) is 142 cm³/mol. The van der Waals surface area contributed by atoms with Gasteiger partial charge in [-0.05, 0) is 36.8 Å². The van der Waals surface area contributed by atoms with Crippen LogP contribution in [0.5, 0.6) is 0 Å². The summed E-state index contributed by atoms with van der Waals surface area (Å²) < 4.78 is 43.8. The molecule has 1 saturated heterocycles. The maximum absolute atomic E-state index is 13.7. The van der Waals surface area contributed by atoms with Gasteiger partial charge in [0.25, 0.3) is 5.56 Å². The Balaban J connectivity index is 1.48. The van der Waals surface area contributed by atoms with Crippen LogP contribution >= 0.6 is 0 Å². The fourth-order valence-corrected chi connectivity index (χ4v) is 5.14. The first-order chi connectivity index (χ1) is 19.0. The summed E-state index contributed by atoms with van der Waals surface area (Å²) in [6.45, 7) is 4.48. The third-order valence-electron chi connectivity index (χ3n) is 7.25. The normalized spacial score (nSPS) is 16.1. The lowest BCUT2D eigenvalue weighted by Gasteiger charge is -2.39. The SMILES string of the molecule is CC(=O)N1CCN(c2ncc(-c3ccc4c(=O)n(C)n(Cc5nc(CO)ccc5C(F)(F)F)c4c3)cn2)C[C@H]1C. The largest absolute Gasteiger partial charge is 0.418 e. The Morgan fingerprint density at radius 3 is 2.45 bits per heavy atom. The number of carbonyl (C=O) groups is 1. The number of carbonyl (C=O) groups excluding carboxylic acids is 1. The summed E-state index contributed by atoms with van der Waals surface area (Å²) in [7, 11) is 1.48. The second kappa shape index (κ2) is 10.4. The Morgan fingerprint density at radius 2 is 1.82 bits per heavy atom. The molecule has 10 nitrogen and oxygen atoms in total. The second-order valence-electron chi connectivity index (χ2n) is 9.85. The number of amides is 1. The average Bonchev–Trinajstić information content (AvgIpc) is 3.16. The molecule has 0 spiro atoms. The number of hydrogen-bond acceptors (Lipinski definition) is 7. The number of rotatable bonds is 5. The summed E-state index contributed by atoms with van der Waals surface area (Å²) in [6, 6.07) is 7.13. The summed E-state index contributed by atoms with van der Waals surface area (Å²) in [4.78, 5) is 41.5. The lowest BCUT2D eigenvalue weighted by molar-refractivity contribution is -0.138. The molecule has 0 aliphatic carbocycles. The number of nitrogens with zero attached hydrogens (tertiary/aromatic N) is 7. The number of benzene rings is 1. The highest BCUT2D eigenvalue weighted by Crippen LogP contribution is 2.32. The Bertz CT molecular complexity index is 1630. The molecule has 1 atom stereocenters. The van der Waals surface area contributed by atoms with Crippen LogP contribution in [0.25, 0.3) is 22.0 Å². The van der Waals surface area contributed by atoms with Gasteiger partial charge < -0.3 is 14.9 Å². The number of pyridine rings is 1. The van der Waals surface area contributed by atoms with E-state index >= 15 is 0 Å². The Labute approximate surface area is 227 Å². The van der Waals surface area contributed by atoms with Gasteiger partial charge in [-0.15, -0.1) is 0 Å². The van der Waals surface area contributed by atoms with E-state index in [4.69, 9.17) is 0 Å². The molecule has 0 radical (unpaired) electrons. The topological polar surface area (TPSA) is 109 Å². The highest BCUT2D eigenvalue weighted by atomic mass is 19.4. The van der Waals surface area contributed by atoms with E-state index in [9.17, 15) is 27.9 Å². The van der Waals surface area contributed by atoms with Crippen LogP contribution in [0.3, 0.4) is 0 Å². The molecule has 13 heteroatoms. The van der Waals surface area contributed by atoms with Crippen molar-refractivity contribution in [3.05, 3.63) is 70.0 Å². The van der Waals surface area contributed by atoms with E-state index in [1.807, 2.05) is 16.7 Å². The van der Waals surface area contributed by atoms with Crippen molar-refractivity contribution in [1.82, 2.24) is 29.2 Å². The van der Waals surface area contributed by atoms with Gasteiger partial charge in [-0.25, -0.2) is 9.97 Å². The molecule has 1 fully saturated rings. The van der Waals surface area contributed by atoms with Crippen molar-refractivity contribution in [3.63, 3.8) is 0 Å². The number of aliphatic hydroxyl groups is 1. The summed E-state index contributed by atoms with van der Waals surface area (Å²) in [6.07, 6.45) is -1.34. The molecular weight excluding hydrogens is 527 g/mol. The number of fused-ring (bicyclic) bond motifs is 1. The van der Waals surface area contributed by atoms with Gasteiger partial charge in [-0.3, -0.25) is 23.9 Å². The minimum Gasteiger partial charge on any atom is -0.390 e. The number of alkyl halides is 3. The van der Waals surface area contributed by atoms with E-state index in [2.05, 4.69) is 15.0 Å². The fourth-order valence-electron chi connectivity index (χ4n) is 5.14. The van der Waals surface area contributed by atoms with Crippen LogP contribution in [0.2, 0.25) is 0 Å². The molecule has 210 valence electrons. The molecule has 4 aromatic rings. The molecular formula is C27H28F3N7O3. The summed E-state index contributed by atoms with van der Waals surface area (Å²) in [5, 5.41) is 9.77. The van der Waals surface area contributed by atoms with Gasteiger partial charge in [-0.2, -0.15) is 13.2 Å². The van der Waals surface area contributed by atoms with Crippen LogP contribution in [-0.4, -0.2) is 65.9 Å². The lowest BCUT2D eigenvalue weighted by atomic mass is 10.1. The number of piperazine rings is 1. The van der Waals surface area contributed by atoms with E-state index in [0.29, 0.717) is 47.6 Å². The molecule has 1 N–H and O–H groups in total. The molecule has 0 bridgehead atoms. The van der Waals surface area contributed by atoms with E-state index in [1.54, 1.807) is 37.5 Å². The minimum atomic E-state index is -4.65. The van der Waals surface area contributed by atoms with E-state index < -0.39 is 18.3 Å². The number of aliphatic hydroxyl groups excluding tert-OH is 1. The first kappa shape index (κ1) is 27.3. The molecule has 1 amide bonds. The number of anilines is 1. The van der Waals surface area contributed by atoms with E-state index in [1.165, 1.54) is 16.4 Å². The molecule has 1 aliphatic heterocycles. The standard InChI is InChI=1S/C27H28F3N7O3/c1-16-13-35(8-9-36(16)17(2)39)26-31-11-19(12-32-26)18-4-6-21-24(10-18)37(34(3)25(21)40)14-23-22(27(28,29)30)7-5-20(15-38)33-23/h4-7,10-12,16,38H,8-9,13-15H2,1-3H3/t16-/m1/s1. The Morgan fingerprint density at radius 1 is 1.10 bits per heavy atom. The Kier molecular flexibility index (Phi) is 7.08. The van der Waals surface area contributed by atoms with Crippen molar-refractivity contribution < 1.29 is 23.1 Å². The third-order valence-corrected chi connectivity index (χ3v) is 7.25. The molecule has 1 aliphatic rings. The summed E-state index contributed by atoms with van der Waals surface area (Å²) in [5.74, 6) is 0.565. The monoisotopic (exact) mass is 555 g/mol. The van der Waals surface area contributed by atoms with Crippen molar-refractivity contribution >= 4 is 22.8 Å². The molecule has 3 aromatic heterocycles. The Hall–Kier alpha value is -4.26. The minimum absolute atomic E-state index is 0.0252. The summed E-state index contributed by atoms with van der Waals surface area (Å²) in [5.41, 5.74) is 0.272. The van der Waals surface area contributed by atoms with Gasteiger partial charge in [0.15, 0.2) is 0 Å². The molecule has 0 saturated carbocycles. The number of hydrogen-bond donors (Lipinski definition) is 1. The van der Waals surface area contributed by atoms with Crippen LogP contribution in [0.4, 0.5) is 19.1 Å². The summed E-state index contributed by atoms with van der Waals surface area (Å²) >= 11 is 0. The molecule has 1 aromatic carbocycles. The lowest BCUT2D eigenvalue weighted by Crippen LogP contribution is -2.53. The molecule has 4 heterocycles. The highest BCUT2D eigenvalue weighted by Gasteiger charge is 2.34. The first-order valence-corrected chi connectivity index (χ1v) is 12.7. The van der Waals surface area contributed by atoms with Crippen LogP contribution in [-0.2, 0) is 31.2 Å². The van der Waals surface area contributed by atoms with Crippen molar-refractivity contribution in [1.29, 1.82) is 0 Å². The predicted octanol–water partition coefficient (Wildman–Crippen LogP) is 2.81. The van der Waals surface area contributed by atoms with Crippen molar-refractivity contribution in [2.75, 3.05) is 24.5 Å². The van der Waals surface area contributed by atoms with Gasteiger partial charge in [-0.1, -0.05) is 6.07 Å².